The van der Waals surface area contributed by atoms with E-state index in [0.717, 1.165) is 35.5 Å². The highest BCUT2D eigenvalue weighted by Gasteiger charge is 1.81. The van der Waals surface area contributed by atoms with E-state index in [1.54, 1.807) is 0 Å². The Morgan fingerprint density at radius 2 is 0.267 bits per heavy atom. The third-order valence-electron chi connectivity index (χ3n) is 5.97. The second-order valence-corrected chi connectivity index (χ2v) is 18.1. The fraction of sp³-hybridized carbons (Fsp3) is 1.00. The lowest BCUT2D eigenvalue weighted by atomic mass is 10.2. The summed E-state index contributed by atoms with van der Waals surface area (Å²) < 4.78 is 0. The lowest BCUT2D eigenvalue weighted by Gasteiger charge is -1.90. The molecule has 0 aromatic rings. The normalized spacial score (nSPS) is 8.10. The van der Waals surface area contributed by atoms with Crippen molar-refractivity contribution in [2.45, 2.75) is 365 Å². The fourth-order valence-corrected chi connectivity index (χ4v) is 0.354. The maximum absolute atomic E-state index is 2.22. The van der Waals surface area contributed by atoms with Crippen LogP contribution in [0.15, 0.2) is 0 Å². The number of hydrogen-bond acceptors (Lipinski definition) is 0. The van der Waals surface area contributed by atoms with E-state index in [2.05, 4.69) is 235 Å². The van der Waals surface area contributed by atoms with Crippen LogP contribution in [0.25, 0.3) is 0 Å². The Balaban J connectivity index is -0.0000000280. The Hall–Kier alpha value is 0. The molecule has 0 N–H and O–H groups in total. The maximum atomic E-state index is 2.22. The van der Waals surface area contributed by atoms with Crippen molar-refractivity contribution in [3.63, 3.8) is 0 Å². The average molecular weight is 872 g/mol. The molecule has 0 aliphatic carbocycles. The SMILES string of the molecule is CC.CC(C)C.CC(C)C.CCC.CCC.CCC.CCC(C)C.CCC(C)C.CCC(C)C.CCC(C)C.CCCC.CCCC.CCCC.CCCC.CCCCC. The Kier molecular flexibility index (Phi) is 263. The molecule has 0 rings (SSSR count). The van der Waals surface area contributed by atoms with E-state index in [0.29, 0.717) is 0 Å². The molecule has 0 nitrogen and oxygen atoms in total. The van der Waals surface area contributed by atoms with Gasteiger partial charge in [0.05, 0.1) is 0 Å². The zero-order chi connectivity index (χ0) is 52.2. The Bertz CT molecular complexity index is 286. The van der Waals surface area contributed by atoms with Gasteiger partial charge < -0.3 is 0 Å². The minimum Gasteiger partial charge on any atom is -0.0683 e. The standard InChI is InChI=1S/5C5H12.6C4H10.3C3H8.C2H6/c4*1-4-5(2)3;1-3-5-4-2;2*1-4(2)3;4*1-3-4-2;3*1-3-2;1-2/h4*5H,4H2,1-3H3;3-5H2,1-2H3;2*4H,1-3H3;4*3-4H2,1-2H3;3*3H2,1-2H3;1-2H3. The highest BCUT2D eigenvalue weighted by molar-refractivity contribution is 4.34. The molecule has 0 saturated carbocycles. The Morgan fingerprint density at radius 1 is 0.200 bits per heavy atom. The summed E-state index contributed by atoms with van der Waals surface area (Å²) in [6.07, 6.45) is 23.6. The number of rotatable bonds is 10. The summed E-state index contributed by atoms with van der Waals surface area (Å²) in [5.41, 5.74) is 0. The van der Waals surface area contributed by atoms with Crippen molar-refractivity contribution in [3.05, 3.63) is 0 Å². The van der Waals surface area contributed by atoms with Gasteiger partial charge in [-0.15, -0.1) is 0 Å². The van der Waals surface area contributed by atoms with Gasteiger partial charge in [-0.05, 0) is 35.5 Å². The van der Waals surface area contributed by atoms with Gasteiger partial charge in [0.15, 0.2) is 0 Å². The largest absolute Gasteiger partial charge is 0.0683 e. The third-order valence-corrected chi connectivity index (χ3v) is 5.97. The van der Waals surface area contributed by atoms with Crippen molar-refractivity contribution in [1.29, 1.82) is 0 Å². The highest BCUT2D eigenvalue weighted by atomic mass is 13.9. The molecule has 0 heteroatoms. The van der Waals surface area contributed by atoms with Crippen molar-refractivity contribution in [2.75, 3.05) is 0 Å². The summed E-state index contributed by atoms with van der Waals surface area (Å²) in [6.45, 7) is 78.2. The molecule has 0 radical (unpaired) electrons. The Labute approximate surface area is 398 Å². The topological polar surface area (TPSA) is 0 Å². The Morgan fingerprint density at radius 3 is 0.267 bits per heavy atom. The molecule has 0 atom stereocenters. The summed E-state index contributed by atoms with van der Waals surface area (Å²) >= 11 is 0. The van der Waals surface area contributed by atoms with Crippen molar-refractivity contribution in [1.82, 2.24) is 0 Å². The second-order valence-electron chi connectivity index (χ2n) is 18.1. The smallest absolute Gasteiger partial charge is 0.0474 e. The van der Waals surface area contributed by atoms with Crippen LogP contribution in [0.2, 0.25) is 0 Å². The van der Waals surface area contributed by atoms with Gasteiger partial charge in [0.2, 0.25) is 0 Å². The monoisotopic (exact) mass is 871 g/mol. The zero-order valence-corrected chi connectivity index (χ0v) is 52.2. The van der Waals surface area contributed by atoms with Crippen molar-refractivity contribution < 1.29 is 0 Å². The molecule has 0 saturated heterocycles. The van der Waals surface area contributed by atoms with Crippen LogP contribution in [0.4, 0.5) is 0 Å². The number of unbranched alkanes of at least 4 members (excludes halogenated alkanes) is 6. The molecular formula is C60H150. The van der Waals surface area contributed by atoms with E-state index in [1.165, 1.54) is 116 Å². The van der Waals surface area contributed by atoms with Gasteiger partial charge in [0, 0.05) is 0 Å². The van der Waals surface area contributed by atoms with Crippen LogP contribution < -0.4 is 0 Å². The van der Waals surface area contributed by atoms with Crippen LogP contribution in [-0.4, -0.2) is 0 Å². The first kappa shape index (κ1) is 103. The van der Waals surface area contributed by atoms with E-state index in [1.807, 2.05) is 13.8 Å². The molecule has 0 spiro atoms. The summed E-state index contributed by atoms with van der Waals surface area (Å²) in [4.78, 5) is 0. The molecule has 0 aromatic carbocycles. The first-order chi connectivity index (χ1) is 27.9. The molecule has 0 aliphatic heterocycles. The molecule has 0 aliphatic rings. The zero-order valence-electron chi connectivity index (χ0n) is 52.2. The lowest BCUT2D eigenvalue weighted by molar-refractivity contribution is 0.626. The van der Waals surface area contributed by atoms with E-state index >= 15 is 0 Å². The molecule has 0 unspecified atom stereocenters. The first-order valence-electron chi connectivity index (χ1n) is 27.9. The minimum absolute atomic E-state index is 0.833. The van der Waals surface area contributed by atoms with E-state index in [9.17, 15) is 0 Å². The summed E-state index contributed by atoms with van der Waals surface area (Å²) in [5.74, 6) is 5.20. The molecule has 0 fully saturated rings. The van der Waals surface area contributed by atoms with Crippen LogP contribution in [0.5, 0.6) is 0 Å². The van der Waals surface area contributed by atoms with Crippen molar-refractivity contribution >= 4 is 0 Å². The summed E-state index contributed by atoms with van der Waals surface area (Å²) in [7, 11) is 0. The maximum Gasteiger partial charge on any atom is -0.0474 e. The number of hydrogen-bond donors (Lipinski definition) is 0. The van der Waals surface area contributed by atoms with Gasteiger partial charge >= 0.3 is 0 Å². The summed E-state index contributed by atoms with van der Waals surface area (Å²) in [5, 5.41) is 0. The molecule has 0 heterocycles. The van der Waals surface area contributed by atoms with Crippen LogP contribution in [0, 0.1) is 35.5 Å². The van der Waals surface area contributed by atoms with Gasteiger partial charge in [-0.3, -0.25) is 0 Å². The van der Waals surface area contributed by atoms with Gasteiger partial charge in [-0.25, -0.2) is 0 Å². The summed E-state index contributed by atoms with van der Waals surface area (Å²) in [6, 6.07) is 0. The van der Waals surface area contributed by atoms with E-state index in [-0.39, 0.29) is 0 Å². The van der Waals surface area contributed by atoms with E-state index < -0.39 is 0 Å². The molecule has 0 bridgehead atoms. The van der Waals surface area contributed by atoms with Gasteiger partial charge in [-0.2, -0.15) is 0 Å². The molecule has 0 amide bonds. The molecule has 390 valence electrons. The van der Waals surface area contributed by atoms with Gasteiger partial charge in [-0.1, -0.05) is 365 Å². The van der Waals surface area contributed by atoms with Gasteiger partial charge in [0.1, 0.15) is 0 Å². The lowest BCUT2D eigenvalue weighted by Crippen LogP contribution is -1.77. The molecular weight excluding hydrogens is 721 g/mol. The van der Waals surface area contributed by atoms with Crippen LogP contribution in [0.1, 0.15) is 365 Å². The van der Waals surface area contributed by atoms with Crippen molar-refractivity contribution in [2.24, 2.45) is 35.5 Å². The fourth-order valence-electron chi connectivity index (χ4n) is 0.354. The second kappa shape index (κ2) is 153. The predicted octanol–water partition coefficient (Wildman–Crippen LogP) is 26.2. The van der Waals surface area contributed by atoms with E-state index in [4.69, 9.17) is 0 Å². The highest BCUT2D eigenvalue weighted by Crippen LogP contribution is 1.95. The predicted molar refractivity (Wildman–Crippen MR) is 308 cm³/mol. The third kappa shape index (κ3) is 961. The van der Waals surface area contributed by atoms with Gasteiger partial charge in [0.25, 0.3) is 0 Å². The first-order valence-corrected chi connectivity index (χ1v) is 27.9. The van der Waals surface area contributed by atoms with Crippen molar-refractivity contribution in [3.8, 4) is 0 Å². The van der Waals surface area contributed by atoms with Crippen LogP contribution in [0.3, 0.4) is 0 Å². The molecule has 60 heavy (non-hydrogen) atoms. The minimum atomic E-state index is 0.833. The quantitative estimate of drug-likeness (QED) is 0.205. The van der Waals surface area contributed by atoms with Crippen LogP contribution >= 0.6 is 0 Å². The molecule has 0 aromatic heterocycles. The van der Waals surface area contributed by atoms with Crippen LogP contribution in [-0.2, 0) is 0 Å². The average Bonchev–Trinajstić information content (AvgIpc) is 3.20.